The third kappa shape index (κ3) is 3.14. The fraction of sp³-hybridized carbons (Fsp3) is 0.529. The number of aromatic nitrogens is 3. The lowest BCUT2D eigenvalue weighted by molar-refractivity contribution is -0.140. The summed E-state index contributed by atoms with van der Waals surface area (Å²) in [7, 11) is 0. The normalized spacial score (nSPS) is 22.9. The van der Waals surface area contributed by atoms with Crippen LogP contribution in [0.3, 0.4) is 0 Å². The highest BCUT2D eigenvalue weighted by Crippen LogP contribution is 2.31. The van der Waals surface area contributed by atoms with E-state index in [0.29, 0.717) is 49.7 Å². The molecule has 0 bridgehead atoms. The van der Waals surface area contributed by atoms with Gasteiger partial charge in [0.2, 0.25) is 5.91 Å². The number of fused-ring (bicyclic) bond motifs is 2. The third-order valence-electron chi connectivity index (χ3n) is 5.31. The predicted octanol–water partition coefficient (Wildman–Crippen LogP) is 0.563. The van der Waals surface area contributed by atoms with Crippen LogP contribution in [0.15, 0.2) is 24.7 Å². The molecular weight excluding hydrogens is 356 g/mol. The molecule has 2 amide bonds. The molecule has 0 radical (unpaired) electrons. The summed E-state index contributed by atoms with van der Waals surface area (Å²) in [6.45, 7) is 2.39. The summed E-state index contributed by atoms with van der Waals surface area (Å²) in [5.74, 6) is 0.476. The number of carbonyl (C=O) groups excluding carboxylic acids is 2. The Hall–Kier alpha value is -2.19. The summed E-state index contributed by atoms with van der Waals surface area (Å²) in [4.78, 5) is 33.2. The Balaban J connectivity index is 0.00000196. The Kier molecular flexibility index (Phi) is 5.43. The Bertz CT molecular complexity index is 809. The standard InChI is InChI=1S/C17H22N6O2.ClH/c18-5-9-22-14-4-8-21(11-12(14)2-3-15(22)24)17(25)13-10-20-23-7-1-6-19-16(13)23;/h1,6-7,10,12,14H,2-5,8-9,11,18H2;1H/t12-,14+;/m0./s1. The van der Waals surface area contributed by atoms with Gasteiger partial charge in [0.05, 0.1) is 6.20 Å². The van der Waals surface area contributed by atoms with E-state index in [-0.39, 0.29) is 30.3 Å². The molecule has 0 saturated carbocycles. The largest absolute Gasteiger partial charge is 0.338 e. The van der Waals surface area contributed by atoms with Crippen LogP contribution in [0.25, 0.3) is 5.65 Å². The van der Waals surface area contributed by atoms with Crippen molar-refractivity contribution in [1.82, 2.24) is 24.4 Å². The SMILES string of the molecule is Cl.NCCN1C(=O)CC[C@H]2CN(C(=O)c3cnn4cccnc34)CC[C@H]21. The minimum Gasteiger partial charge on any atom is -0.338 e. The number of carbonyl (C=O) groups is 2. The van der Waals surface area contributed by atoms with Crippen molar-refractivity contribution in [2.45, 2.75) is 25.3 Å². The van der Waals surface area contributed by atoms with Gasteiger partial charge in [0.15, 0.2) is 5.65 Å². The van der Waals surface area contributed by atoms with E-state index in [4.69, 9.17) is 5.73 Å². The summed E-state index contributed by atoms with van der Waals surface area (Å²) in [6.07, 6.45) is 7.21. The van der Waals surface area contributed by atoms with Gasteiger partial charge in [-0.05, 0) is 24.8 Å². The topological polar surface area (TPSA) is 96.8 Å². The second-order valence-electron chi connectivity index (χ2n) is 6.73. The molecule has 2 aliphatic rings. The number of rotatable bonds is 3. The Morgan fingerprint density at radius 2 is 2.19 bits per heavy atom. The molecule has 9 heteroatoms. The van der Waals surface area contributed by atoms with E-state index < -0.39 is 0 Å². The first-order chi connectivity index (χ1) is 12.2. The number of piperidine rings is 2. The van der Waals surface area contributed by atoms with Gasteiger partial charge in [-0.1, -0.05) is 0 Å². The lowest BCUT2D eigenvalue weighted by atomic mass is 9.83. The van der Waals surface area contributed by atoms with Crippen LogP contribution in [-0.4, -0.2) is 68.4 Å². The highest BCUT2D eigenvalue weighted by Gasteiger charge is 2.40. The Morgan fingerprint density at radius 1 is 1.35 bits per heavy atom. The molecule has 2 aromatic rings. The van der Waals surface area contributed by atoms with Crippen LogP contribution >= 0.6 is 12.4 Å². The van der Waals surface area contributed by atoms with Gasteiger partial charge in [-0.2, -0.15) is 5.10 Å². The van der Waals surface area contributed by atoms with Gasteiger partial charge in [0.1, 0.15) is 5.56 Å². The summed E-state index contributed by atoms with van der Waals surface area (Å²) in [5, 5.41) is 4.20. The lowest BCUT2D eigenvalue weighted by Crippen LogP contribution is -2.57. The number of amides is 2. The van der Waals surface area contributed by atoms with Gasteiger partial charge in [-0.25, -0.2) is 9.50 Å². The van der Waals surface area contributed by atoms with Gasteiger partial charge < -0.3 is 15.5 Å². The predicted molar refractivity (Wildman–Crippen MR) is 98.0 cm³/mol. The first kappa shape index (κ1) is 18.6. The monoisotopic (exact) mass is 378 g/mol. The molecule has 4 heterocycles. The highest BCUT2D eigenvalue weighted by molar-refractivity contribution is 5.99. The molecule has 2 saturated heterocycles. The van der Waals surface area contributed by atoms with Gasteiger partial charge in [0, 0.05) is 51.0 Å². The molecule has 8 nitrogen and oxygen atoms in total. The van der Waals surface area contributed by atoms with Crippen LogP contribution in [0.5, 0.6) is 0 Å². The molecule has 2 aliphatic heterocycles. The molecule has 0 spiro atoms. The maximum absolute atomic E-state index is 13.0. The fourth-order valence-corrected chi connectivity index (χ4v) is 4.11. The number of hydrogen-bond donors (Lipinski definition) is 1. The molecular formula is C17H23ClN6O2. The second-order valence-corrected chi connectivity index (χ2v) is 6.73. The molecule has 0 aliphatic carbocycles. The van der Waals surface area contributed by atoms with Crippen molar-refractivity contribution in [3.63, 3.8) is 0 Å². The van der Waals surface area contributed by atoms with Crippen molar-refractivity contribution in [2.75, 3.05) is 26.2 Å². The van der Waals surface area contributed by atoms with Gasteiger partial charge >= 0.3 is 0 Å². The van der Waals surface area contributed by atoms with Crippen LogP contribution < -0.4 is 5.73 Å². The average molecular weight is 379 g/mol. The molecule has 2 atom stereocenters. The maximum Gasteiger partial charge on any atom is 0.259 e. The fourth-order valence-electron chi connectivity index (χ4n) is 4.11. The quantitative estimate of drug-likeness (QED) is 0.841. The number of halogens is 1. The minimum absolute atomic E-state index is 0. The summed E-state index contributed by atoms with van der Waals surface area (Å²) in [5.41, 5.74) is 6.78. The van der Waals surface area contributed by atoms with Gasteiger partial charge in [-0.3, -0.25) is 9.59 Å². The van der Waals surface area contributed by atoms with E-state index in [0.717, 1.165) is 12.8 Å². The summed E-state index contributed by atoms with van der Waals surface area (Å²) < 4.78 is 1.61. The maximum atomic E-state index is 13.0. The van der Waals surface area contributed by atoms with Crippen molar-refractivity contribution in [3.8, 4) is 0 Å². The molecule has 140 valence electrons. The van der Waals surface area contributed by atoms with Crippen LogP contribution in [0.1, 0.15) is 29.6 Å². The molecule has 4 rings (SSSR count). The van der Waals surface area contributed by atoms with Crippen molar-refractivity contribution >= 4 is 29.9 Å². The smallest absolute Gasteiger partial charge is 0.259 e. The number of hydrogen-bond acceptors (Lipinski definition) is 5. The van der Waals surface area contributed by atoms with Crippen LogP contribution in [0.4, 0.5) is 0 Å². The first-order valence-corrected chi connectivity index (χ1v) is 8.76. The number of nitrogens with two attached hydrogens (primary N) is 1. The summed E-state index contributed by atoms with van der Waals surface area (Å²) in [6, 6.07) is 1.99. The van der Waals surface area contributed by atoms with Crippen LogP contribution in [0.2, 0.25) is 0 Å². The van der Waals surface area contributed by atoms with Crippen molar-refractivity contribution in [3.05, 3.63) is 30.2 Å². The van der Waals surface area contributed by atoms with E-state index in [1.54, 1.807) is 29.2 Å². The second kappa shape index (κ2) is 7.59. The summed E-state index contributed by atoms with van der Waals surface area (Å²) >= 11 is 0. The van der Waals surface area contributed by atoms with Crippen LogP contribution in [0, 0.1) is 5.92 Å². The zero-order valence-electron chi connectivity index (χ0n) is 14.5. The van der Waals surface area contributed by atoms with E-state index in [9.17, 15) is 9.59 Å². The Labute approximate surface area is 157 Å². The van der Waals surface area contributed by atoms with E-state index in [2.05, 4.69) is 10.1 Å². The molecule has 2 N–H and O–H groups in total. The Morgan fingerprint density at radius 3 is 3.00 bits per heavy atom. The average Bonchev–Trinajstić information content (AvgIpc) is 3.07. The van der Waals surface area contributed by atoms with Crippen molar-refractivity contribution in [1.29, 1.82) is 0 Å². The van der Waals surface area contributed by atoms with E-state index in [1.807, 2.05) is 9.80 Å². The minimum atomic E-state index is -0.0329. The number of nitrogens with zero attached hydrogens (tertiary/aromatic N) is 5. The molecule has 26 heavy (non-hydrogen) atoms. The molecule has 0 unspecified atom stereocenters. The van der Waals surface area contributed by atoms with Crippen molar-refractivity contribution < 1.29 is 9.59 Å². The third-order valence-corrected chi connectivity index (χ3v) is 5.31. The highest BCUT2D eigenvalue weighted by atomic mass is 35.5. The lowest BCUT2D eigenvalue weighted by Gasteiger charge is -2.47. The zero-order valence-corrected chi connectivity index (χ0v) is 15.3. The molecule has 2 aromatic heterocycles. The van der Waals surface area contributed by atoms with E-state index in [1.165, 1.54) is 0 Å². The van der Waals surface area contributed by atoms with Gasteiger partial charge in [-0.15, -0.1) is 12.4 Å². The molecule has 0 aromatic carbocycles. The van der Waals surface area contributed by atoms with E-state index >= 15 is 0 Å². The van der Waals surface area contributed by atoms with Gasteiger partial charge in [0.25, 0.3) is 5.91 Å². The molecule has 2 fully saturated rings. The van der Waals surface area contributed by atoms with Crippen molar-refractivity contribution in [2.24, 2.45) is 11.7 Å². The van der Waals surface area contributed by atoms with Crippen LogP contribution in [-0.2, 0) is 4.79 Å². The first-order valence-electron chi connectivity index (χ1n) is 8.76. The zero-order chi connectivity index (χ0) is 17.4. The number of likely N-dealkylation sites (tertiary alicyclic amines) is 2.